The number of urea groups is 1. The van der Waals surface area contributed by atoms with Gasteiger partial charge in [-0.15, -0.1) is 0 Å². The van der Waals surface area contributed by atoms with E-state index in [2.05, 4.69) is 15.5 Å². The lowest BCUT2D eigenvalue weighted by molar-refractivity contribution is 0.122. The molecule has 1 aliphatic carbocycles. The molecule has 0 radical (unpaired) electrons. The van der Waals surface area contributed by atoms with E-state index in [1.807, 2.05) is 31.2 Å². The molecule has 0 bridgehead atoms. The van der Waals surface area contributed by atoms with Gasteiger partial charge in [0.2, 0.25) is 5.95 Å². The molecule has 0 spiro atoms. The van der Waals surface area contributed by atoms with Crippen molar-refractivity contribution in [1.29, 1.82) is 0 Å². The van der Waals surface area contributed by atoms with Crippen molar-refractivity contribution in [2.45, 2.75) is 51.2 Å². The third-order valence-electron chi connectivity index (χ3n) is 7.64. The van der Waals surface area contributed by atoms with Gasteiger partial charge in [0.15, 0.2) is 0 Å². The van der Waals surface area contributed by atoms with Gasteiger partial charge in [-0.05, 0) is 62.6 Å². The van der Waals surface area contributed by atoms with E-state index in [1.165, 1.54) is 0 Å². The number of carbonyl (C=O) groups excluding carboxylic acids is 1. The number of aliphatic hydroxyl groups is 1. The number of nitrogens with zero attached hydrogens (tertiary/aromatic N) is 4. The molecule has 1 aromatic carbocycles. The minimum atomic E-state index is -0.342. The van der Waals surface area contributed by atoms with Gasteiger partial charge in [0.05, 0.1) is 31.7 Å². The number of alkyl halides is 1. The summed E-state index contributed by atoms with van der Waals surface area (Å²) >= 11 is 0. The number of amides is 2. The number of hydrogen-bond acceptors (Lipinski definition) is 7. The maximum absolute atomic E-state index is 12.9. The van der Waals surface area contributed by atoms with Gasteiger partial charge in [-0.1, -0.05) is 6.07 Å². The molecule has 2 aliphatic heterocycles. The summed E-state index contributed by atoms with van der Waals surface area (Å²) in [6, 6.07) is 7.81. The van der Waals surface area contributed by atoms with E-state index in [-0.39, 0.29) is 30.8 Å². The Kier molecular flexibility index (Phi) is 8.05. The van der Waals surface area contributed by atoms with Crippen LogP contribution in [0.3, 0.4) is 0 Å². The molecular weight excluding hydrogens is 475 g/mol. The van der Waals surface area contributed by atoms with Gasteiger partial charge in [-0.25, -0.2) is 9.78 Å². The molecule has 3 atom stereocenters. The van der Waals surface area contributed by atoms with Crippen molar-refractivity contribution in [2.24, 2.45) is 5.92 Å². The van der Waals surface area contributed by atoms with Crippen molar-refractivity contribution >= 4 is 23.5 Å². The predicted molar refractivity (Wildman–Crippen MR) is 142 cm³/mol. The minimum absolute atomic E-state index is 0.135. The third kappa shape index (κ3) is 6.30. The van der Waals surface area contributed by atoms with Crippen molar-refractivity contribution in [1.82, 2.24) is 14.9 Å². The summed E-state index contributed by atoms with van der Waals surface area (Å²) < 4.78 is 18.2. The van der Waals surface area contributed by atoms with Crippen LogP contribution in [0.2, 0.25) is 0 Å². The lowest BCUT2D eigenvalue weighted by Crippen LogP contribution is -2.37. The van der Waals surface area contributed by atoms with Crippen LogP contribution >= 0.6 is 0 Å². The van der Waals surface area contributed by atoms with Gasteiger partial charge in [0.25, 0.3) is 0 Å². The summed E-state index contributed by atoms with van der Waals surface area (Å²) in [5.41, 5.74) is 3.42. The van der Waals surface area contributed by atoms with Crippen LogP contribution in [-0.2, 0) is 4.74 Å². The number of aryl methyl sites for hydroxylation is 1. The first-order valence-electron chi connectivity index (χ1n) is 13.4. The van der Waals surface area contributed by atoms with Crippen molar-refractivity contribution in [3.05, 3.63) is 29.8 Å². The predicted octanol–water partition coefficient (Wildman–Crippen LogP) is 3.83. The molecule has 3 fully saturated rings. The van der Waals surface area contributed by atoms with E-state index < -0.39 is 0 Å². The lowest BCUT2D eigenvalue weighted by atomic mass is 10.0. The molecule has 1 aromatic heterocycles. The van der Waals surface area contributed by atoms with Crippen LogP contribution in [0, 0.1) is 12.8 Å². The minimum Gasteiger partial charge on any atom is -0.393 e. The smallest absolute Gasteiger partial charge is 0.321 e. The molecule has 1 saturated carbocycles. The van der Waals surface area contributed by atoms with E-state index in [0.29, 0.717) is 50.8 Å². The largest absolute Gasteiger partial charge is 0.393 e. The normalized spacial score (nSPS) is 23.9. The number of morpholine rings is 1. The summed E-state index contributed by atoms with van der Waals surface area (Å²) in [5.74, 6) is 1.61. The molecular formula is C27H37FN6O3. The maximum atomic E-state index is 12.9. The first-order valence-corrected chi connectivity index (χ1v) is 13.4. The highest BCUT2D eigenvalue weighted by atomic mass is 19.1. The summed E-state index contributed by atoms with van der Waals surface area (Å²) in [7, 11) is 0. The molecule has 37 heavy (non-hydrogen) atoms. The molecule has 2 unspecified atom stereocenters. The van der Waals surface area contributed by atoms with Crippen molar-refractivity contribution in [3.8, 4) is 11.3 Å². The van der Waals surface area contributed by atoms with Gasteiger partial charge in [-0.3, -0.25) is 4.39 Å². The number of carbonyl (C=O) groups is 1. The number of ether oxygens (including phenoxy) is 1. The van der Waals surface area contributed by atoms with E-state index in [0.717, 1.165) is 55.0 Å². The Balaban J connectivity index is 1.39. The number of aromatic nitrogens is 2. The van der Waals surface area contributed by atoms with Gasteiger partial charge < -0.3 is 30.3 Å². The topological polar surface area (TPSA) is 103 Å². The summed E-state index contributed by atoms with van der Waals surface area (Å²) in [6.45, 7) is 5.74. The van der Waals surface area contributed by atoms with E-state index in [4.69, 9.17) is 14.7 Å². The highest BCUT2D eigenvalue weighted by molar-refractivity contribution is 5.90. The second-order valence-electron chi connectivity index (χ2n) is 10.4. The van der Waals surface area contributed by atoms with Gasteiger partial charge in [-0.2, -0.15) is 4.98 Å². The van der Waals surface area contributed by atoms with Gasteiger partial charge in [0, 0.05) is 49.5 Å². The Hall–Kier alpha value is -2.98. The number of aliphatic hydroxyl groups excluding tert-OH is 1. The molecule has 3 heterocycles. The van der Waals surface area contributed by atoms with Crippen molar-refractivity contribution in [2.75, 3.05) is 61.6 Å². The quantitative estimate of drug-likeness (QED) is 0.518. The SMILES string of the molecule is Cc1ccc(NC(=O)N2CC[C@@H](CCF)C2)cc1-c1cc(N2CCOCC2)nc(NC2CCC(O)C2)n1. The number of nitrogens with one attached hydrogen (secondary N) is 2. The Labute approximate surface area is 217 Å². The Morgan fingerprint density at radius 3 is 2.76 bits per heavy atom. The molecule has 2 saturated heterocycles. The number of anilines is 3. The van der Waals surface area contributed by atoms with Crippen LogP contribution in [0.25, 0.3) is 11.3 Å². The molecule has 10 heteroatoms. The van der Waals surface area contributed by atoms with Crippen LogP contribution in [0.1, 0.15) is 37.7 Å². The summed E-state index contributed by atoms with van der Waals surface area (Å²) in [4.78, 5) is 26.5. The maximum Gasteiger partial charge on any atom is 0.321 e. The van der Waals surface area contributed by atoms with Crippen molar-refractivity contribution < 1.29 is 19.0 Å². The van der Waals surface area contributed by atoms with E-state index in [1.54, 1.807) is 4.90 Å². The standard InChI is InChI=1S/C27H37FN6O3/c1-18-2-3-21(30-27(36)34-9-7-19(17-34)6-8-28)15-23(18)24-16-25(33-10-12-37-13-11-33)32-26(31-24)29-20-4-5-22(35)14-20/h2-3,15-16,19-20,22,35H,4-14,17H2,1H3,(H,30,36)(H,29,31,32)/t19-,20?,22?/m1/s1. The number of benzene rings is 1. The molecule has 2 aromatic rings. The molecule has 5 rings (SSSR count). The zero-order chi connectivity index (χ0) is 25.8. The highest BCUT2D eigenvalue weighted by Gasteiger charge is 2.27. The molecule has 200 valence electrons. The molecule has 3 N–H and O–H groups in total. The van der Waals surface area contributed by atoms with E-state index in [9.17, 15) is 14.3 Å². The molecule has 3 aliphatic rings. The number of halogens is 1. The monoisotopic (exact) mass is 512 g/mol. The number of rotatable bonds is 7. The first kappa shape index (κ1) is 25.7. The second kappa shape index (κ2) is 11.6. The molecule has 9 nitrogen and oxygen atoms in total. The van der Waals surface area contributed by atoms with Crippen LogP contribution in [0.5, 0.6) is 0 Å². The first-order chi connectivity index (χ1) is 18.0. The van der Waals surface area contributed by atoms with Crippen LogP contribution < -0.4 is 15.5 Å². The molecule has 2 amide bonds. The summed E-state index contributed by atoms with van der Waals surface area (Å²) in [5, 5.41) is 16.4. The Morgan fingerprint density at radius 1 is 1.16 bits per heavy atom. The highest BCUT2D eigenvalue weighted by Crippen LogP contribution is 2.31. The number of hydrogen-bond donors (Lipinski definition) is 3. The fourth-order valence-electron chi connectivity index (χ4n) is 5.45. The Morgan fingerprint density at radius 2 is 2.00 bits per heavy atom. The Bertz CT molecular complexity index is 1100. The van der Waals surface area contributed by atoms with Gasteiger partial charge in [0.1, 0.15) is 5.82 Å². The fraction of sp³-hybridized carbons (Fsp3) is 0.593. The van der Waals surface area contributed by atoms with Gasteiger partial charge >= 0.3 is 6.03 Å². The zero-order valence-corrected chi connectivity index (χ0v) is 21.5. The number of likely N-dealkylation sites (tertiary alicyclic amines) is 1. The van der Waals surface area contributed by atoms with Crippen molar-refractivity contribution in [3.63, 3.8) is 0 Å². The van der Waals surface area contributed by atoms with Crippen LogP contribution in [0.15, 0.2) is 24.3 Å². The second-order valence-corrected chi connectivity index (χ2v) is 10.4. The van der Waals surface area contributed by atoms with Crippen LogP contribution in [0.4, 0.5) is 26.6 Å². The average molecular weight is 513 g/mol. The zero-order valence-electron chi connectivity index (χ0n) is 21.5. The average Bonchev–Trinajstić information content (AvgIpc) is 3.54. The lowest BCUT2D eigenvalue weighted by Gasteiger charge is -2.28. The van der Waals surface area contributed by atoms with Crippen LogP contribution in [-0.4, -0.2) is 84.2 Å². The third-order valence-corrected chi connectivity index (χ3v) is 7.64. The fourth-order valence-corrected chi connectivity index (χ4v) is 5.45. The summed E-state index contributed by atoms with van der Waals surface area (Å²) in [6.07, 6.45) is 3.41. The van der Waals surface area contributed by atoms with E-state index >= 15 is 0 Å².